The molecule has 142 valence electrons. The van der Waals surface area contributed by atoms with Crippen molar-refractivity contribution in [1.82, 2.24) is 4.31 Å². The Balaban J connectivity index is 2.13. The van der Waals surface area contributed by atoms with E-state index in [-0.39, 0.29) is 17.4 Å². The first-order valence-electron chi connectivity index (χ1n) is 8.83. The van der Waals surface area contributed by atoms with Crippen LogP contribution in [0.5, 0.6) is 0 Å². The Hall–Kier alpha value is -2.44. The van der Waals surface area contributed by atoms with Gasteiger partial charge in [-0.25, -0.2) is 8.42 Å². The van der Waals surface area contributed by atoms with Crippen molar-refractivity contribution in [3.8, 4) is 0 Å². The summed E-state index contributed by atoms with van der Waals surface area (Å²) in [6.07, 6.45) is 2.01. The maximum absolute atomic E-state index is 13.4. The second kappa shape index (κ2) is 7.66. The number of benzene rings is 2. The molecule has 2 aromatic carbocycles. The van der Waals surface area contributed by atoms with Crippen LogP contribution < -0.4 is 0 Å². The van der Waals surface area contributed by atoms with Crippen LogP contribution in [0, 0.1) is 18.8 Å². The molecule has 1 aliphatic heterocycles. The number of sulfonamides is 1. The van der Waals surface area contributed by atoms with Crippen LogP contribution in [0.3, 0.4) is 0 Å². The lowest BCUT2D eigenvalue weighted by Crippen LogP contribution is -2.48. The average Bonchev–Trinajstić information content (AvgIpc) is 2.67. The standard InChI is InChI=1S/C21H23NO4S/c1-3-16-13-19(21(23)24)20(17-7-5-4-6-8-17)22(14-16)27(25,26)18-11-9-15(2)10-12-18/h3-12,16,19-20H,1,13-14H2,2H3,(H,23,24)/t16-,19+,20+/m0/s1. The number of aryl methyl sites for hydroxylation is 1. The van der Waals surface area contributed by atoms with E-state index in [1.165, 1.54) is 4.31 Å². The minimum atomic E-state index is -3.86. The zero-order chi connectivity index (χ0) is 19.6. The molecule has 27 heavy (non-hydrogen) atoms. The van der Waals surface area contributed by atoms with E-state index in [2.05, 4.69) is 6.58 Å². The molecule has 0 amide bonds. The van der Waals surface area contributed by atoms with Crippen molar-refractivity contribution in [2.45, 2.75) is 24.3 Å². The molecule has 1 fully saturated rings. The van der Waals surface area contributed by atoms with Crippen molar-refractivity contribution in [2.75, 3.05) is 6.54 Å². The molecule has 0 aliphatic carbocycles. The van der Waals surface area contributed by atoms with E-state index in [0.717, 1.165) is 5.56 Å². The summed E-state index contributed by atoms with van der Waals surface area (Å²) in [6.45, 7) is 5.86. The van der Waals surface area contributed by atoms with Gasteiger partial charge >= 0.3 is 5.97 Å². The third-order valence-electron chi connectivity index (χ3n) is 5.08. The van der Waals surface area contributed by atoms with Gasteiger partial charge in [0.25, 0.3) is 0 Å². The highest BCUT2D eigenvalue weighted by Crippen LogP contribution is 2.42. The molecule has 1 saturated heterocycles. The van der Waals surface area contributed by atoms with E-state index >= 15 is 0 Å². The van der Waals surface area contributed by atoms with Gasteiger partial charge in [-0.3, -0.25) is 4.79 Å². The summed E-state index contributed by atoms with van der Waals surface area (Å²) >= 11 is 0. The molecule has 0 spiro atoms. The van der Waals surface area contributed by atoms with E-state index < -0.39 is 28.0 Å². The molecule has 1 heterocycles. The Kier molecular flexibility index (Phi) is 5.48. The topological polar surface area (TPSA) is 74.7 Å². The number of hydrogen-bond donors (Lipinski definition) is 1. The smallest absolute Gasteiger partial charge is 0.308 e. The van der Waals surface area contributed by atoms with E-state index in [9.17, 15) is 18.3 Å². The Labute approximate surface area is 160 Å². The first kappa shape index (κ1) is 19.3. The summed E-state index contributed by atoms with van der Waals surface area (Å²) in [6, 6.07) is 14.9. The minimum absolute atomic E-state index is 0.169. The van der Waals surface area contributed by atoms with Gasteiger partial charge in [0.15, 0.2) is 0 Å². The number of hydrogen-bond acceptors (Lipinski definition) is 3. The largest absolute Gasteiger partial charge is 0.481 e. The molecule has 1 N–H and O–H groups in total. The second-order valence-corrected chi connectivity index (χ2v) is 8.81. The summed E-state index contributed by atoms with van der Waals surface area (Å²) in [7, 11) is -3.86. The molecule has 6 heteroatoms. The van der Waals surface area contributed by atoms with Crippen molar-refractivity contribution in [2.24, 2.45) is 11.8 Å². The quantitative estimate of drug-likeness (QED) is 0.798. The fourth-order valence-electron chi connectivity index (χ4n) is 3.62. The maximum atomic E-state index is 13.4. The van der Waals surface area contributed by atoms with Gasteiger partial charge in [0.05, 0.1) is 16.9 Å². The fourth-order valence-corrected chi connectivity index (χ4v) is 5.33. The van der Waals surface area contributed by atoms with E-state index in [4.69, 9.17) is 0 Å². The predicted molar refractivity (Wildman–Crippen MR) is 104 cm³/mol. The first-order valence-corrected chi connectivity index (χ1v) is 10.3. The summed E-state index contributed by atoms with van der Waals surface area (Å²) in [4.78, 5) is 12.2. The Bertz CT molecular complexity index is 922. The summed E-state index contributed by atoms with van der Waals surface area (Å²) in [5.74, 6) is -2.06. The third kappa shape index (κ3) is 3.82. The average molecular weight is 385 g/mol. The number of carboxylic acids is 1. The molecule has 5 nitrogen and oxygen atoms in total. The van der Waals surface area contributed by atoms with Crippen LogP contribution in [0.15, 0.2) is 72.1 Å². The van der Waals surface area contributed by atoms with Gasteiger partial charge in [-0.05, 0) is 37.0 Å². The van der Waals surface area contributed by atoms with Gasteiger partial charge in [0.2, 0.25) is 10.0 Å². The SMILES string of the molecule is C=C[C@H]1C[C@@H](C(=O)O)[C@@H](c2ccccc2)N(S(=O)(=O)c2ccc(C)cc2)C1. The van der Waals surface area contributed by atoms with Gasteiger partial charge in [0, 0.05) is 6.54 Å². The lowest BCUT2D eigenvalue weighted by Gasteiger charge is -2.41. The van der Waals surface area contributed by atoms with E-state index in [1.54, 1.807) is 54.6 Å². The lowest BCUT2D eigenvalue weighted by atomic mass is 9.81. The zero-order valence-corrected chi connectivity index (χ0v) is 16.0. The monoisotopic (exact) mass is 385 g/mol. The fraction of sp³-hybridized carbons (Fsp3) is 0.286. The highest BCUT2D eigenvalue weighted by atomic mass is 32.2. The highest BCUT2D eigenvalue weighted by molar-refractivity contribution is 7.89. The molecule has 0 radical (unpaired) electrons. The normalized spacial score (nSPS) is 23.7. The number of nitrogens with zero attached hydrogens (tertiary/aromatic N) is 1. The van der Waals surface area contributed by atoms with Crippen LogP contribution in [0.4, 0.5) is 0 Å². The number of rotatable bonds is 5. The first-order chi connectivity index (χ1) is 12.8. The Morgan fingerprint density at radius 2 is 1.78 bits per heavy atom. The highest BCUT2D eigenvalue weighted by Gasteiger charge is 2.45. The number of piperidine rings is 1. The Morgan fingerprint density at radius 3 is 2.33 bits per heavy atom. The summed E-state index contributed by atoms with van der Waals surface area (Å²) in [5, 5.41) is 9.82. The van der Waals surface area contributed by atoms with Crippen molar-refractivity contribution >= 4 is 16.0 Å². The molecule has 0 bridgehead atoms. The van der Waals surface area contributed by atoms with Crippen LogP contribution >= 0.6 is 0 Å². The lowest BCUT2D eigenvalue weighted by molar-refractivity contribution is -0.145. The molecule has 0 aromatic heterocycles. The molecular weight excluding hydrogens is 362 g/mol. The van der Waals surface area contributed by atoms with E-state index in [0.29, 0.717) is 12.0 Å². The van der Waals surface area contributed by atoms with Crippen LogP contribution in [-0.4, -0.2) is 30.3 Å². The third-order valence-corrected chi connectivity index (χ3v) is 6.94. The minimum Gasteiger partial charge on any atom is -0.481 e. The van der Waals surface area contributed by atoms with Crippen molar-refractivity contribution in [3.05, 3.63) is 78.4 Å². The van der Waals surface area contributed by atoms with Gasteiger partial charge in [-0.15, -0.1) is 6.58 Å². The van der Waals surface area contributed by atoms with Crippen molar-refractivity contribution in [1.29, 1.82) is 0 Å². The molecule has 3 rings (SSSR count). The predicted octanol–water partition coefficient (Wildman–Crippen LogP) is 3.63. The van der Waals surface area contributed by atoms with Crippen LogP contribution in [0.1, 0.15) is 23.6 Å². The molecule has 1 aliphatic rings. The second-order valence-electron chi connectivity index (χ2n) is 6.92. The van der Waals surface area contributed by atoms with E-state index in [1.807, 2.05) is 13.0 Å². The number of carbonyl (C=O) groups is 1. The van der Waals surface area contributed by atoms with Crippen molar-refractivity contribution < 1.29 is 18.3 Å². The molecule has 0 unspecified atom stereocenters. The van der Waals surface area contributed by atoms with Gasteiger partial charge in [-0.1, -0.05) is 54.1 Å². The zero-order valence-electron chi connectivity index (χ0n) is 15.2. The van der Waals surface area contributed by atoms with Gasteiger partial charge in [0.1, 0.15) is 0 Å². The maximum Gasteiger partial charge on any atom is 0.308 e. The molecule has 0 saturated carbocycles. The van der Waals surface area contributed by atoms with Crippen LogP contribution in [0.2, 0.25) is 0 Å². The number of aliphatic carboxylic acids is 1. The van der Waals surface area contributed by atoms with Crippen molar-refractivity contribution in [3.63, 3.8) is 0 Å². The Morgan fingerprint density at radius 1 is 1.15 bits per heavy atom. The molecule has 3 atom stereocenters. The summed E-state index contributed by atoms with van der Waals surface area (Å²) < 4.78 is 28.2. The van der Waals surface area contributed by atoms with Crippen LogP contribution in [-0.2, 0) is 14.8 Å². The summed E-state index contributed by atoms with van der Waals surface area (Å²) in [5.41, 5.74) is 1.64. The molecule has 2 aromatic rings. The molecular formula is C21H23NO4S. The van der Waals surface area contributed by atoms with Crippen LogP contribution in [0.25, 0.3) is 0 Å². The number of carboxylic acid groups (broad SMARTS) is 1. The van der Waals surface area contributed by atoms with Gasteiger partial charge < -0.3 is 5.11 Å². The van der Waals surface area contributed by atoms with Gasteiger partial charge in [-0.2, -0.15) is 4.31 Å².